The van der Waals surface area contributed by atoms with Gasteiger partial charge in [0.2, 0.25) is 0 Å². The van der Waals surface area contributed by atoms with Crippen LogP contribution >= 0.6 is 0 Å². The third kappa shape index (κ3) is 17.4. The molecule has 0 aromatic rings. The fourth-order valence-electron chi connectivity index (χ4n) is 4.88. The molecule has 0 N–H and O–H groups in total. The summed E-state index contributed by atoms with van der Waals surface area (Å²) >= 11 is 0. The molecule has 0 amide bonds. The predicted molar refractivity (Wildman–Crippen MR) is 152 cm³/mol. The molecule has 1 fully saturated rings. The lowest BCUT2D eigenvalue weighted by Gasteiger charge is -2.44. The highest BCUT2D eigenvalue weighted by Crippen LogP contribution is 2.30. The monoisotopic (exact) mass is 667 g/mol. The van der Waals surface area contributed by atoms with E-state index in [4.69, 9.17) is 28.4 Å². The molecular formula is C30H54BrNO10. The minimum absolute atomic E-state index is 0. The fraction of sp³-hybridized carbons (Fsp3) is 0.867. The average molecular weight is 669 g/mol. The first-order chi connectivity index (χ1) is 19.4. The van der Waals surface area contributed by atoms with Crippen LogP contribution in [-0.4, -0.2) is 99.5 Å². The summed E-state index contributed by atoms with van der Waals surface area (Å²) in [6.07, 6.45) is 7.00. The van der Waals surface area contributed by atoms with Crippen molar-refractivity contribution in [3.05, 3.63) is 0 Å². The molecule has 1 heterocycles. The van der Waals surface area contributed by atoms with Crippen molar-refractivity contribution in [2.45, 2.75) is 130 Å². The minimum Gasteiger partial charge on any atom is -1.00 e. The van der Waals surface area contributed by atoms with Crippen LogP contribution in [0.5, 0.6) is 0 Å². The highest BCUT2D eigenvalue weighted by atomic mass is 79.9. The molecule has 0 radical (unpaired) electrons. The molecule has 0 saturated carbocycles. The molecule has 42 heavy (non-hydrogen) atoms. The van der Waals surface area contributed by atoms with Crippen molar-refractivity contribution in [1.29, 1.82) is 0 Å². The van der Waals surface area contributed by atoms with Gasteiger partial charge in [0, 0.05) is 27.7 Å². The van der Waals surface area contributed by atoms with Gasteiger partial charge in [-0.25, -0.2) is 0 Å². The number of unbranched alkanes of at least 4 members (excludes halogenated alkanes) is 9. The van der Waals surface area contributed by atoms with Gasteiger partial charge in [-0.1, -0.05) is 58.3 Å². The van der Waals surface area contributed by atoms with Crippen LogP contribution in [0.2, 0.25) is 0 Å². The van der Waals surface area contributed by atoms with E-state index in [1.165, 1.54) is 85.5 Å². The van der Waals surface area contributed by atoms with E-state index in [-0.39, 0.29) is 30.2 Å². The van der Waals surface area contributed by atoms with Gasteiger partial charge in [-0.3, -0.25) is 19.2 Å². The maximum absolute atomic E-state index is 12.0. The number of nitrogens with zero attached hydrogens (tertiary/aromatic N) is 1. The SMILES string of the molecule is CCCCCCCCCCCC[N+](C)(C)CCO[C@@H]1O[C@H](COC(C)=O)[C@@H](OC(C)=O)[C@H](OC(C)=O)[C@H]1OC(C)=O.[Br-]. The molecule has 0 aliphatic carbocycles. The molecule has 0 bridgehead atoms. The Morgan fingerprint density at radius 1 is 0.643 bits per heavy atom. The molecule has 5 atom stereocenters. The minimum atomic E-state index is -1.23. The molecule has 1 aliphatic rings. The zero-order valence-corrected chi connectivity index (χ0v) is 28.3. The Balaban J connectivity index is 0.0000168. The van der Waals surface area contributed by atoms with Gasteiger partial charge < -0.3 is 49.9 Å². The van der Waals surface area contributed by atoms with E-state index in [9.17, 15) is 19.2 Å². The van der Waals surface area contributed by atoms with Gasteiger partial charge in [0.25, 0.3) is 0 Å². The topological polar surface area (TPSA) is 124 Å². The number of rotatable bonds is 20. The van der Waals surface area contributed by atoms with E-state index in [2.05, 4.69) is 21.0 Å². The first-order valence-corrected chi connectivity index (χ1v) is 15.1. The van der Waals surface area contributed by atoms with E-state index in [0.29, 0.717) is 6.54 Å². The van der Waals surface area contributed by atoms with Crippen LogP contribution in [0.3, 0.4) is 0 Å². The fourth-order valence-corrected chi connectivity index (χ4v) is 4.88. The van der Waals surface area contributed by atoms with Crippen LogP contribution in [0.25, 0.3) is 0 Å². The molecule has 0 unspecified atom stereocenters. The van der Waals surface area contributed by atoms with Gasteiger partial charge in [0.15, 0.2) is 24.6 Å². The molecule has 1 aliphatic heterocycles. The van der Waals surface area contributed by atoms with Crippen molar-refractivity contribution < 1.29 is 69.1 Å². The van der Waals surface area contributed by atoms with Gasteiger partial charge in [0.1, 0.15) is 19.3 Å². The number of likely N-dealkylation sites (N-methyl/N-ethyl adjacent to an activating group) is 1. The third-order valence-electron chi connectivity index (χ3n) is 7.04. The molecular weight excluding hydrogens is 614 g/mol. The summed E-state index contributed by atoms with van der Waals surface area (Å²) in [5.41, 5.74) is 0. The Hall–Kier alpha value is -1.76. The van der Waals surface area contributed by atoms with Gasteiger partial charge >= 0.3 is 23.9 Å². The first kappa shape index (κ1) is 40.2. The zero-order valence-electron chi connectivity index (χ0n) is 26.7. The number of carbonyl (C=O) groups is 4. The Morgan fingerprint density at radius 2 is 1.12 bits per heavy atom. The summed E-state index contributed by atoms with van der Waals surface area (Å²) in [6, 6.07) is 0. The summed E-state index contributed by atoms with van der Waals surface area (Å²) in [5.74, 6) is -2.56. The average Bonchev–Trinajstić information content (AvgIpc) is 2.86. The van der Waals surface area contributed by atoms with E-state index in [1.807, 2.05) is 0 Å². The standard InChI is InChI=1S/C30H54NO10.BrH/c1-8-9-10-11-12-13-14-15-16-17-18-31(6,7)19-20-36-30-29(40-25(5)35)28(39-24(4)34)27(38-23(3)33)26(41-30)21-37-22(2)32;/h26-30H,8-21H2,1-7H3;1H/q+1;/p-1/t26-,27-,28+,29-,30-;/m1./s1. The maximum Gasteiger partial charge on any atom is 0.303 e. The summed E-state index contributed by atoms with van der Waals surface area (Å²) < 4.78 is 34.2. The van der Waals surface area contributed by atoms with Crippen LogP contribution in [0.1, 0.15) is 98.8 Å². The number of carbonyl (C=O) groups excluding carboxylic acids is 4. The Kier molecular flexibility index (Phi) is 20.9. The molecule has 0 spiro atoms. The largest absolute Gasteiger partial charge is 1.00 e. The van der Waals surface area contributed by atoms with E-state index < -0.39 is 54.6 Å². The van der Waals surface area contributed by atoms with Gasteiger partial charge in [-0.05, 0) is 12.8 Å². The third-order valence-corrected chi connectivity index (χ3v) is 7.04. The Bertz CT molecular complexity index is 809. The lowest BCUT2D eigenvalue weighted by atomic mass is 9.98. The van der Waals surface area contributed by atoms with Crippen molar-refractivity contribution in [2.24, 2.45) is 0 Å². The smallest absolute Gasteiger partial charge is 0.303 e. The van der Waals surface area contributed by atoms with Gasteiger partial charge in [0.05, 0.1) is 27.2 Å². The number of esters is 4. The van der Waals surface area contributed by atoms with Crippen LogP contribution < -0.4 is 17.0 Å². The maximum atomic E-state index is 12.0. The van der Waals surface area contributed by atoms with E-state index >= 15 is 0 Å². The highest BCUT2D eigenvalue weighted by molar-refractivity contribution is 5.68. The Morgan fingerprint density at radius 3 is 1.62 bits per heavy atom. The molecule has 1 saturated heterocycles. The molecule has 246 valence electrons. The summed E-state index contributed by atoms with van der Waals surface area (Å²) in [7, 11) is 4.26. The van der Waals surface area contributed by atoms with Crippen molar-refractivity contribution in [3.63, 3.8) is 0 Å². The predicted octanol–water partition coefficient (Wildman–Crippen LogP) is 1.09. The van der Waals surface area contributed by atoms with Gasteiger partial charge in [-0.15, -0.1) is 0 Å². The van der Waals surface area contributed by atoms with Crippen LogP contribution in [-0.2, 0) is 47.6 Å². The van der Waals surface area contributed by atoms with Crippen molar-refractivity contribution in [2.75, 3.05) is 40.4 Å². The number of ether oxygens (including phenoxy) is 6. The lowest BCUT2D eigenvalue weighted by Crippen LogP contribution is -3.00. The first-order valence-electron chi connectivity index (χ1n) is 15.1. The quantitative estimate of drug-likeness (QED) is 0.0807. The second kappa shape index (κ2) is 21.9. The number of hydrogen-bond acceptors (Lipinski definition) is 10. The number of hydrogen-bond donors (Lipinski definition) is 0. The summed E-state index contributed by atoms with van der Waals surface area (Å²) in [5, 5.41) is 0. The number of quaternary nitrogens is 1. The van der Waals surface area contributed by atoms with Crippen LogP contribution in [0, 0.1) is 0 Å². The lowest BCUT2D eigenvalue weighted by molar-refractivity contribution is -0.891. The summed E-state index contributed by atoms with van der Waals surface area (Å²) in [6.45, 7) is 8.68. The molecule has 0 aromatic carbocycles. The van der Waals surface area contributed by atoms with Crippen molar-refractivity contribution in [1.82, 2.24) is 0 Å². The molecule has 12 heteroatoms. The normalized spacial score (nSPS) is 22.0. The highest BCUT2D eigenvalue weighted by Gasteiger charge is 2.52. The van der Waals surface area contributed by atoms with Crippen LogP contribution in [0.4, 0.5) is 0 Å². The summed E-state index contributed by atoms with van der Waals surface area (Å²) in [4.78, 5) is 47.3. The van der Waals surface area contributed by atoms with Crippen LogP contribution in [0.15, 0.2) is 0 Å². The van der Waals surface area contributed by atoms with Gasteiger partial charge in [-0.2, -0.15) is 0 Å². The van der Waals surface area contributed by atoms with Crippen molar-refractivity contribution in [3.8, 4) is 0 Å². The number of halogens is 1. The second-order valence-electron chi connectivity index (χ2n) is 11.5. The Labute approximate surface area is 262 Å². The molecule has 1 rings (SSSR count). The molecule has 0 aromatic heterocycles. The second-order valence-corrected chi connectivity index (χ2v) is 11.5. The van der Waals surface area contributed by atoms with Crippen molar-refractivity contribution >= 4 is 23.9 Å². The zero-order chi connectivity index (χ0) is 30.8. The molecule has 11 nitrogen and oxygen atoms in total. The van der Waals surface area contributed by atoms with E-state index in [1.54, 1.807) is 0 Å². The van der Waals surface area contributed by atoms with E-state index in [0.717, 1.165) is 17.4 Å².